The number of nitrogens with zero attached hydrogens (tertiary/aromatic N) is 3. The van der Waals surface area contributed by atoms with E-state index in [1.807, 2.05) is 29.3 Å². The van der Waals surface area contributed by atoms with Gasteiger partial charge in [-0.15, -0.1) is 0 Å². The average molecular weight is 284 g/mol. The quantitative estimate of drug-likeness (QED) is 0.877. The lowest BCUT2D eigenvalue weighted by Gasteiger charge is -2.09. The summed E-state index contributed by atoms with van der Waals surface area (Å²) >= 11 is 1.68. The predicted molar refractivity (Wildman–Crippen MR) is 81.3 cm³/mol. The molecule has 0 radical (unpaired) electrons. The van der Waals surface area contributed by atoms with Crippen LogP contribution in [0, 0.1) is 17.4 Å². The summed E-state index contributed by atoms with van der Waals surface area (Å²) in [6, 6.07) is 10.3. The molecular weight excluding hydrogens is 268 g/mol. The Hall–Kier alpha value is -2.06. The number of hydrogen-bond acceptors (Lipinski definition) is 5. The van der Waals surface area contributed by atoms with E-state index in [1.165, 1.54) is 10.4 Å². The van der Waals surface area contributed by atoms with Crippen molar-refractivity contribution in [3.8, 4) is 16.6 Å². The van der Waals surface area contributed by atoms with Crippen molar-refractivity contribution in [3.63, 3.8) is 0 Å². The van der Waals surface area contributed by atoms with Crippen LogP contribution >= 0.6 is 11.3 Å². The van der Waals surface area contributed by atoms with E-state index in [4.69, 9.17) is 5.26 Å². The van der Waals surface area contributed by atoms with Gasteiger partial charge in [0.15, 0.2) is 11.3 Å². The first-order valence-electron chi connectivity index (χ1n) is 6.75. The van der Waals surface area contributed by atoms with Crippen LogP contribution in [0.5, 0.6) is 0 Å². The first-order chi connectivity index (χ1) is 9.85. The van der Waals surface area contributed by atoms with Gasteiger partial charge < -0.3 is 10.2 Å². The molecule has 1 aliphatic rings. The molecule has 1 N–H and O–H groups in total. The maximum absolute atomic E-state index is 8.84. The van der Waals surface area contributed by atoms with Crippen LogP contribution in [0.2, 0.25) is 0 Å². The van der Waals surface area contributed by atoms with E-state index in [2.05, 4.69) is 28.6 Å². The highest BCUT2D eigenvalue weighted by Gasteiger charge is 2.21. The number of likely N-dealkylation sites (tertiary alicyclic amines) is 1. The molecule has 1 fully saturated rings. The molecular formula is C15H16N4S. The smallest absolute Gasteiger partial charge is 0.183 e. The number of nitriles is 1. The van der Waals surface area contributed by atoms with Gasteiger partial charge in [-0.1, -0.05) is 41.7 Å². The van der Waals surface area contributed by atoms with E-state index in [0.29, 0.717) is 5.92 Å². The molecule has 1 aromatic heterocycles. The van der Waals surface area contributed by atoms with Crippen LogP contribution < -0.4 is 5.32 Å². The Morgan fingerprint density at radius 1 is 1.40 bits per heavy atom. The highest BCUT2D eigenvalue weighted by atomic mass is 32.1. The largest absolute Gasteiger partial charge is 0.361 e. The Balaban J connectivity index is 1.57. The third kappa shape index (κ3) is 2.91. The van der Waals surface area contributed by atoms with Crippen molar-refractivity contribution >= 4 is 16.5 Å². The van der Waals surface area contributed by atoms with Crippen molar-refractivity contribution in [2.24, 2.45) is 5.92 Å². The summed E-state index contributed by atoms with van der Waals surface area (Å²) in [5.74, 6) is 0.540. The van der Waals surface area contributed by atoms with Crippen LogP contribution in [0.25, 0.3) is 10.4 Å². The van der Waals surface area contributed by atoms with Gasteiger partial charge in [0.25, 0.3) is 0 Å². The number of thiazole rings is 1. The molecule has 0 spiro atoms. The van der Waals surface area contributed by atoms with Gasteiger partial charge in [-0.3, -0.25) is 0 Å². The zero-order chi connectivity index (χ0) is 13.8. The lowest BCUT2D eigenvalue weighted by Crippen LogP contribution is -2.18. The Kier molecular flexibility index (Phi) is 3.84. The van der Waals surface area contributed by atoms with Gasteiger partial charge in [0, 0.05) is 25.8 Å². The zero-order valence-corrected chi connectivity index (χ0v) is 11.9. The van der Waals surface area contributed by atoms with E-state index in [1.54, 1.807) is 11.3 Å². The molecule has 0 aliphatic carbocycles. The van der Waals surface area contributed by atoms with Crippen LogP contribution in [0.3, 0.4) is 0 Å². The molecule has 20 heavy (non-hydrogen) atoms. The first kappa shape index (κ1) is 12.9. The molecule has 1 aliphatic heterocycles. The van der Waals surface area contributed by atoms with Gasteiger partial charge in [-0.05, 0) is 17.9 Å². The maximum atomic E-state index is 8.84. The van der Waals surface area contributed by atoms with Gasteiger partial charge >= 0.3 is 0 Å². The van der Waals surface area contributed by atoms with Crippen LogP contribution in [-0.2, 0) is 0 Å². The SMILES string of the molecule is N#CN1CCC(CNc2ncc(-c3ccccc3)s2)C1. The van der Waals surface area contributed by atoms with Crippen LogP contribution in [-0.4, -0.2) is 29.5 Å². The summed E-state index contributed by atoms with van der Waals surface area (Å²) in [7, 11) is 0. The fourth-order valence-electron chi connectivity index (χ4n) is 2.41. The van der Waals surface area contributed by atoms with E-state index in [-0.39, 0.29) is 0 Å². The topological polar surface area (TPSA) is 52.0 Å². The standard InChI is InChI=1S/C15H16N4S/c16-11-19-7-6-12(10-19)8-17-15-18-9-14(20-15)13-4-2-1-3-5-13/h1-5,9,12H,6-8,10H2,(H,17,18). The van der Waals surface area contributed by atoms with E-state index < -0.39 is 0 Å². The monoisotopic (exact) mass is 284 g/mol. The van der Waals surface area contributed by atoms with E-state index >= 15 is 0 Å². The molecule has 1 unspecified atom stereocenters. The van der Waals surface area contributed by atoms with E-state index in [9.17, 15) is 0 Å². The number of nitrogens with one attached hydrogen (secondary N) is 1. The Morgan fingerprint density at radius 3 is 3.00 bits per heavy atom. The second kappa shape index (κ2) is 5.93. The number of benzene rings is 1. The van der Waals surface area contributed by atoms with Gasteiger partial charge in [-0.25, -0.2) is 4.98 Å². The molecule has 2 aromatic rings. The van der Waals surface area contributed by atoms with Crippen molar-refractivity contribution in [1.29, 1.82) is 5.26 Å². The molecule has 0 amide bonds. The van der Waals surface area contributed by atoms with Crippen molar-refractivity contribution in [2.45, 2.75) is 6.42 Å². The highest BCUT2D eigenvalue weighted by Crippen LogP contribution is 2.29. The summed E-state index contributed by atoms with van der Waals surface area (Å²) in [5.41, 5.74) is 1.20. The summed E-state index contributed by atoms with van der Waals surface area (Å²) in [6.07, 6.45) is 5.21. The molecule has 3 rings (SSSR count). The summed E-state index contributed by atoms with van der Waals surface area (Å²) in [4.78, 5) is 7.42. The fraction of sp³-hybridized carbons (Fsp3) is 0.333. The van der Waals surface area contributed by atoms with E-state index in [0.717, 1.165) is 31.2 Å². The zero-order valence-electron chi connectivity index (χ0n) is 11.1. The minimum absolute atomic E-state index is 0.540. The third-order valence-corrected chi connectivity index (χ3v) is 4.54. The van der Waals surface area contributed by atoms with Gasteiger partial charge in [0.05, 0.1) is 4.88 Å². The summed E-state index contributed by atoms with van der Waals surface area (Å²) in [6.45, 7) is 2.64. The lowest BCUT2D eigenvalue weighted by atomic mass is 10.1. The molecule has 2 heterocycles. The van der Waals surface area contributed by atoms with Crippen molar-refractivity contribution in [1.82, 2.24) is 9.88 Å². The first-order valence-corrected chi connectivity index (χ1v) is 7.56. The highest BCUT2D eigenvalue weighted by molar-refractivity contribution is 7.18. The van der Waals surface area contributed by atoms with Crippen LogP contribution in [0.1, 0.15) is 6.42 Å². The van der Waals surface area contributed by atoms with Gasteiger partial charge in [0.1, 0.15) is 0 Å². The minimum atomic E-state index is 0.540. The summed E-state index contributed by atoms with van der Waals surface area (Å²) < 4.78 is 0. The third-order valence-electron chi connectivity index (χ3n) is 3.53. The van der Waals surface area contributed by atoms with Crippen molar-refractivity contribution in [2.75, 3.05) is 25.0 Å². The molecule has 4 nitrogen and oxygen atoms in total. The Morgan fingerprint density at radius 2 is 2.25 bits per heavy atom. The minimum Gasteiger partial charge on any atom is -0.361 e. The Labute approximate surface area is 122 Å². The number of anilines is 1. The van der Waals surface area contributed by atoms with Crippen molar-refractivity contribution in [3.05, 3.63) is 36.5 Å². The number of rotatable bonds is 4. The fourth-order valence-corrected chi connectivity index (χ4v) is 3.24. The van der Waals surface area contributed by atoms with Gasteiger partial charge in [-0.2, -0.15) is 5.26 Å². The molecule has 102 valence electrons. The predicted octanol–water partition coefficient (Wildman–Crippen LogP) is 3.02. The van der Waals surface area contributed by atoms with Crippen molar-refractivity contribution < 1.29 is 0 Å². The molecule has 1 aromatic carbocycles. The normalized spacial score (nSPS) is 17.9. The number of hydrogen-bond donors (Lipinski definition) is 1. The second-order valence-electron chi connectivity index (χ2n) is 4.98. The molecule has 0 saturated carbocycles. The second-order valence-corrected chi connectivity index (χ2v) is 6.01. The molecule has 5 heteroatoms. The van der Waals surface area contributed by atoms with Crippen LogP contribution in [0.4, 0.5) is 5.13 Å². The van der Waals surface area contributed by atoms with Crippen LogP contribution in [0.15, 0.2) is 36.5 Å². The summed E-state index contributed by atoms with van der Waals surface area (Å²) in [5, 5.41) is 13.2. The average Bonchev–Trinajstić information content (AvgIpc) is 3.15. The van der Waals surface area contributed by atoms with Gasteiger partial charge in [0.2, 0.25) is 0 Å². The Bertz CT molecular complexity index is 602. The molecule has 0 bridgehead atoms. The molecule has 1 saturated heterocycles. The number of aromatic nitrogens is 1. The lowest BCUT2D eigenvalue weighted by molar-refractivity contribution is 0.461. The molecule has 1 atom stereocenters. The maximum Gasteiger partial charge on any atom is 0.183 e.